The first-order valence-corrected chi connectivity index (χ1v) is 10.5. The second-order valence-electron chi connectivity index (χ2n) is 8.55. The maximum Gasteiger partial charge on any atom is 0.232 e. The Bertz CT molecular complexity index is 1330. The predicted octanol–water partition coefficient (Wildman–Crippen LogP) is 4.42. The number of anilines is 1. The lowest BCUT2D eigenvalue weighted by atomic mass is 9.99. The summed E-state index contributed by atoms with van der Waals surface area (Å²) < 4.78 is 29.8. The normalized spacial score (nSPS) is 15.5. The molecule has 1 aliphatic carbocycles. The summed E-state index contributed by atoms with van der Waals surface area (Å²) >= 11 is 0. The Labute approximate surface area is 182 Å². The molecule has 1 atom stereocenters. The number of benzene rings is 1. The molecule has 5 rings (SSSR count). The Kier molecular flexibility index (Phi) is 4.96. The van der Waals surface area contributed by atoms with Gasteiger partial charge in [0.1, 0.15) is 17.3 Å². The molecule has 1 amide bonds. The van der Waals surface area contributed by atoms with Gasteiger partial charge in [-0.1, -0.05) is 13.8 Å². The van der Waals surface area contributed by atoms with Crippen LogP contribution in [-0.2, 0) is 17.8 Å². The van der Waals surface area contributed by atoms with Gasteiger partial charge >= 0.3 is 0 Å². The average molecular weight is 436 g/mol. The molecule has 1 aliphatic rings. The third-order valence-corrected chi connectivity index (χ3v) is 5.76. The highest BCUT2D eigenvalue weighted by Crippen LogP contribution is 2.37. The number of fused-ring (bicyclic) bond motifs is 2. The number of carbonyl (C=O) groups excluding carboxylic acids is 1. The van der Waals surface area contributed by atoms with Crippen molar-refractivity contribution in [2.45, 2.75) is 39.2 Å². The Morgan fingerprint density at radius 2 is 2.09 bits per heavy atom. The van der Waals surface area contributed by atoms with Crippen molar-refractivity contribution in [3.8, 4) is 11.4 Å². The standard InChI is InChI=1S/C23H22F2N6O/c1-12(2)11-31-20-7-18(26-8-14(20)9-28-31)22-19(10-27-30-22)29-23(32)16-4-3-13-5-15(24)6-17(25)21(13)16/h5-10,12,16H,3-4,11H2,1-2H3,(H,27,30)(H,29,32). The van der Waals surface area contributed by atoms with Gasteiger partial charge < -0.3 is 5.32 Å². The molecule has 1 aromatic carbocycles. The van der Waals surface area contributed by atoms with Crippen LogP contribution in [0.3, 0.4) is 0 Å². The molecule has 32 heavy (non-hydrogen) atoms. The topological polar surface area (TPSA) is 88.5 Å². The lowest BCUT2D eigenvalue weighted by molar-refractivity contribution is -0.117. The summed E-state index contributed by atoms with van der Waals surface area (Å²) in [6.07, 6.45) is 5.89. The van der Waals surface area contributed by atoms with Gasteiger partial charge in [0.2, 0.25) is 5.91 Å². The van der Waals surface area contributed by atoms with Crippen LogP contribution in [0.5, 0.6) is 0 Å². The third-order valence-electron chi connectivity index (χ3n) is 5.76. The van der Waals surface area contributed by atoms with Crippen molar-refractivity contribution in [1.82, 2.24) is 25.0 Å². The van der Waals surface area contributed by atoms with Gasteiger partial charge in [0.15, 0.2) is 0 Å². The van der Waals surface area contributed by atoms with E-state index >= 15 is 0 Å². The number of halogens is 2. The molecular formula is C23H22F2N6O. The molecule has 9 heteroatoms. The molecule has 7 nitrogen and oxygen atoms in total. The van der Waals surface area contributed by atoms with E-state index in [4.69, 9.17) is 0 Å². The molecule has 4 aromatic rings. The number of hydrogen-bond acceptors (Lipinski definition) is 4. The Morgan fingerprint density at radius 1 is 1.25 bits per heavy atom. The summed E-state index contributed by atoms with van der Waals surface area (Å²) in [6, 6.07) is 4.03. The van der Waals surface area contributed by atoms with Gasteiger partial charge in [0, 0.05) is 29.8 Å². The molecule has 0 fully saturated rings. The van der Waals surface area contributed by atoms with Crippen LogP contribution in [-0.4, -0.2) is 30.9 Å². The molecule has 0 aliphatic heterocycles. The van der Waals surface area contributed by atoms with Crippen LogP contribution in [0.2, 0.25) is 0 Å². The molecule has 0 bridgehead atoms. The van der Waals surface area contributed by atoms with E-state index in [1.807, 2.05) is 10.7 Å². The van der Waals surface area contributed by atoms with E-state index in [-0.39, 0.29) is 11.5 Å². The lowest BCUT2D eigenvalue weighted by Gasteiger charge is -2.13. The highest BCUT2D eigenvalue weighted by Gasteiger charge is 2.32. The molecule has 2 N–H and O–H groups in total. The van der Waals surface area contributed by atoms with Gasteiger partial charge in [0.05, 0.1) is 35.2 Å². The number of aryl methyl sites for hydroxylation is 1. The van der Waals surface area contributed by atoms with E-state index in [1.54, 1.807) is 12.4 Å². The summed E-state index contributed by atoms with van der Waals surface area (Å²) in [5.41, 5.74) is 3.36. The van der Waals surface area contributed by atoms with Gasteiger partial charge in [-0.3, -0.25) is 19.6 Å². The quantitative estimate of drug-likeness (QED) is 0.485. The first kappa shape index (κ1) is 20.3. The lowest BCUT2D eigenvalue weighted by Crippen LogP contribution is -2.20. The summed E-state index contributed by atoms with van der Waals surface area (Å²) in [6.45, 7) is 5.01. The van der Waals surface area contributed by atoms with Crippen LogP contribution in [0.15, 0.2) is 36.8 Å². The van der Waals surface area contributed by atoms with E-state index in [1.165, 1.54) is 12.3 Å². The zero-order valence-corrected chi connectivity index (χ0v) is 17.7. The number of carbonyl (C=O) groups is 1. The minimum atomic E-state index is -0.685. The Morgan fingerprint density at radius 3 is 2.91 bits per heavy atom. The number of nitrogens with one attached hydrogen (secondary N) is 2. The molecule has 0 saturated carbocycles. The maximum absolute atomic E-state index is 14.4. The van der Waals surface area contributed by atoms with Gasteiger partial charge in [-0.25, -0.2) is 8.78 Å². The van der Waals surface area contributed by atoms with E-state index < -0.39 is 17.6 Å². The number of H-pyrrole nitrogens is 1. The summed E-state index contributed by atoms with van der Waals surface area (Å²) in [7, 11) is 0. The number of aromatic nitrogens is 5. The fourth-order valence-corrected chi connectivity index (χ4v) is 4.34. The van der Waals surface area contributed by atoms with Gasteiger partial charge in [-0.05, 0) is 36.5 Å². The van der Waals surface area contributed by atoms with Crippen LogP contribution >= 0.6 is 0 Å². The number of hydrogen-bond donors (Lipinski definition) is 2. The Hall–Kier alpha value is -3.62. The monoisotopic (exact) mass is 436 g/mol. The summed E-state index contributed by atoms with van der Waals surface area (Å²) in [4.78, 5) is 17.5. The van der Waals surface area contributed by atoms with Gasteiger partial charge in [-0.15, -0.1) is 0 Å². The van der Waals surface area contributed by atoms with Crippen molar-refractivity contribution in [2.24, 2.45) is 5.92 Å². The molecule has 1 unspecified atom stereocenters. The van der Waals surface area contributed by atoms with Crippen molar-refractivity contribution in [3.63, 3.8) is 0 Å². The molecule has 0 saturated heterocycles. The SMILES string of the molecule is CC(C)Cn1ncc2cnc(-c3[nH]ncc3NC(=O)C3CCc4cc(F)cc(F)c43)cc21. The number of rotatable bonds is 5. The number of pyridine rings is 1. The number of aromatic amines is 1. The summed E-state index contributed by atoms with van der Waals surface area (Å²) in [5, 5.41) is 15.2. The van der Waals surface area contributed by atoms with E-state index in [0.717, 1.165) is 23.5 Å². The molecule has 0 spiro atoms. The summed E-state index contributed by atoms with van der Waals surface area (Å²) in [5.74, 6) is -1.92. The van der Waals surface area contributed by atoms with E-state index in [9.17, 15) is 13.6 Å². The van der Waals surface area contributed by atoms with Gasteiger partial charge in [-0.2, -0.15) is 10.2 Å². The molecule has 0 radical (unpaired) electrons. The Balaban J connectivity index is 1.43. The first-order chi connectivity index (χ1) is 15.4. The zero-order chi connectivity index (χ0) is 22.4. The number of nitrogens with zero attached hydrogens (tertiary/aromatic N) is 4. The van der Waals surface area contributed by atoms with Crippen molar-refractivity contribution >= 4 is 22.5 Å². The van der Waals surface area contributed by atoms with E-state index in [0.29, 0.717) is 41.4 Å². The van der Waals surface area contributed by atoms with Crippen molar-refractivity contribution < 1.29 is 13.6 Å². The maximum atomic E-state index is 14.4. The molecule has 164 valence electrons. The molecular weight excluding hydrogens is 414 g/mol. The smallest absolute Gasteiger partial charge is 0.232 e. The minimum Gasteiger partial charge on any atom is -0.322 e. The fraction of sp³-hybridized carbons (Fsp3) is 0.304. The largest absolute Gasteiger partial charge is 0.322 e. The van der Waals surface area contributed by atoms with Gasteiger partial charge in [0.25, 0.3) is 0 Å². The van der Waals surface area contributed by atoms with E-state index in [2.05, 4.69) is 39.4 Å². The highest BCUT2D eigenvalue weighted by atomic mass is 19.1. The van der Waals surface area contributed by atoms with Crippen LogP contribution in [0.4, 0.5) is 14.5 Å². The van der Waals surface area contributed by atoms with Crippen LogP contribution in [0.25, 0.3) is 22.3 Å². The average Bonchev–Trinajstić information content (AvgIpc) is 3.46. The van der Waals surface area contributed by atoms with Crippen molar-refractivity contribution in [1.29, 1.82) is 0 Å². The first-order valence-electron chi connectivity index (χ1n) is 10.5. The number of amides is 1. The highest BCUT2D eigenvalue weighted by molar-refractivity contribution is 5.99. The minimum absolute atomic E-state index is 0.270. The fourth-order valence-electron chi connectivity index (χ4n) is 4.34. The van der Waals surface area contributed by atoms with Crippen LogP contribution < -0.4 is 5.32 Å². The zero-order valence-electron chi connectivity index (χ0n) is 17.7. The predicted molar refractivity (Wildman–Crippen MR) is 116 cm³/mol. The molecule has 3 heterocycles. The van der Waals surface area contributed by atoms with Crippen molar-refractivity contribution in [3.05, 3.63) is 59.6 Å². The second-order valence-corrected chi connectivity index (χ2v) is 8.55. The van der Waals surface area contributed by atoms with Crippen molar-refractivity contribution in [2.75, 3.05) is 5.32 Å². The van der Waals surface area contributed by atoms with Crippen LogP contribution in [0.1, 0.15) is 37.3 Å². The third kappa shape index (κ3) is 3.53. The second kappa shape index (κ2) is 7.81. The molecule has 3 aromatic heterocycles. The van der Waals surface area contributed by atoms with Crippen LogP contribution in [0, 0.1) is 17.6 Å².